The molecule has 0 aliphatic heterocycles. The van der Waals surface area contributed by atoms with Gasteiger partial charge in [0.1, 0.15) is 0 Å². The van der Waals surface area contributed by atoms with Gasteiger partial charge < -0.3 is 14.8 Å². The molecule has 0 spiro atoms. The monoisotopic (exact) mass is 265 g/mol. The molecule has 1 aromatic rings. The van der Waals surface area contributed by atoms with E-state index in [4.69, 9.17) is 9.47 Å². The molecular weight excluding hydrogens is 246 g/mol. The zero-order chi connectivity index (χ0) is 14.3. The number of hydrogen-bond acceptors (Lipinski definition) is 4. The number of amides is 1. The third kappa shape index (κ3) is 4.28. The van der Waals surface area contributed by atoms with Crippen LogP contribution in [-0.2, 0) is 4.79 Å². The van der Waals surface area contributed by atoms with Gasteiger partial charge in [0, 0.05) is 12.0 Å². The molecule has 0 aromatic heterocycles. The summed E-state index contributed by atoms with van der Waals surface area (Å²) >= 11 is 0. The average molecular weight is 265 g/mol. The van der Waals surface area contributed by atoms with E-state index < -0.39 is 0 Å². The first kappa shape index (κ1) is 15.0. The van der Waals surface area contributed by atoms with Crippen molar-refractivity contribution in [1.29, 1.82) is 0 Å². The second-order valence-electron chi connectivity index (χ2n) is 4.04. The van der Waals surface area contributed by atoms with Crippen molar-refractivity contribution in [2.45, 2.75) is 19.8 Å². The molecule has 0 unspecified atom stereocenters. The van der Waals surface area contributed by atoms with Gasteiger partial charge >= 0.3 is 0 Å². The van der Waals surface area contributed by atoms with Gasteiger partial charge in [-0.2, -0.15) is 0 Å². The van der Waals surface area contributed by atoms with Crippen LogP contribution in [0.1, 0.15) is 30.1 Å². The Morgan fingerprint density at radius 1 is 1.16 bits per heavy atom. The summed E-state index contributed by atoms with van der Waals surface area (Å²) in [5.41, 5.74) is 0.432. The summed E-state index contributed by atoms with van der Waals surface area (Å²) in [5.74, 6) is 0.762. The summed E-state index contributed by atoms with van der Waals surface area (Å²) in [6.07, 6.45) is 1.26. The highest BCUT2D eigenvalue weighted by molar-refractivity contribution is 5.97. The zero-order valence-electron chi connectivity index (χ0n) is 11.5. The van der Waals surface area contributed by atoms with Gasteiger partial charge in [-0.05, 0) is 24.6 Å². The number of ether oxygens (including phenoxy) is 2. The van der Waals surface area contributed by atoms with Crippen molar-refractivity contribution in [2.24, 2.45) is 0 Å². The smallest absolute Gasteiger partial charge is 0.251 e. The number of rotatable bonds is 7. The van der Waals surface area contributed by atoms with E-state index in [9.17, 15) is 9.59 Å². The van der Waals surface area contributed by atoms with Crippen molar-refractivity contribution in [3.05, 3.63) is 23.8 Å². The number of ketones is 1. The molecule has 1 amide bonds. The van der Waals surface area contributed by atoms with Crippen LogP contribution in [-0.4, -0.2) is 32.5 Å². The normalized spacial score (nSPS) is 9.84. The number of carbonyl (C=O) groups is 2. The maximum absolute atomic E-state index is 11.9. The van der Waals surface area contributed by atoms with Crippen LogP contribution in [0.25, 0.3) is 0 Å². The van der Waals surface area contributed by atoms with Gasteiger partial charge in [-0.3, -0.25) is 9.59 Å². The van der Waals surface area contributed by atoms with E-state index in [1.165, 1.54) is 14.2 Å². The lowest BCUT2D eigenvalue weighted by atomic mass is 10.1. The molecule has 0 saturated heterocycles. The first-order valence-electron chi connectivity index (χ1n) is 6.14. The largest absolute Gasteiger partial charge is 0.493 e. The summed E-state index contributed by atoms with van der Waals surface area (Å²) in [6, 6.07) is 4.86. The van der Waals surface area contributed by atoms with Crippen molar-refractivity contribution >= 4 is 11.7 Å². The van der Waals surface area contributed by atoms with Crippen LogP contribution in [0.3, 0.4) is 0 Å². The Morgan fingerprint density at radius 2 is 1.84 bits per heavy atom. The molecule has 0 aliphatic carbocycles. The van der Waals surface area contributed by atoms with Crippen LogP contribution < -0.4 is 14.8 Å². The van der Waals surface area contributed by atoms with E-state index in [-0.39, 0.29) is 18.2 Å². The van der Waals surface area contributed by atoms with E-state index in [0.717, 1.165) is 6.42 Å². The molecule has 0 saturated carbocycles. The zero-order valence-corrected chi connectivity index (χ0v) is 11.5. The third-order valence-electron chi connectivity index (χ3n) is 2.62. The molecule has 0 heterocycles. The number of hydrogen-bond donors (Lipinski definition) is 1. The number of Topliss-reactive ketones (excluding diaryl/α,β-unsaturated/α-hetero) is 1. The van der Waals surface area contributed by atoms with Crippen LogP contribution in [0.15, 0.2) is 18.2 Å². The van der Waals surface area contributed by atoms with Gasteiger partial charge in [-0.15, -0.1) is 0 Å². The van der Waals surface area contributed by atoms with E-state index in [2.05, 4.69) is 5.32 Å². The predicted octanol–water partition coefficient (Wildman–Crippen LogP) is 1.80. The fourth-order valence-electron chi connectivity index (χ4n) is 1.63. The maximum Gasteiger partial charge on any atom is 0.251 e. The Labute approximate surface area is 112 Å². The Kier molecular flexibility index (Phi) is 5.85. The summed E-state index contributed by atoms with van der Waals surface area (Å²) < 4.78 is 10.2. The van der Waals surface area contributed by atoms with Crippen molar-refractivity contribution < 1.29 is 19.1 Å². The SMILES string of the molecule is CCCC(=O)CNC(=O)c1ccc(OC)c(OC)c1. The number of carbonyl (C=O) groups excluding carboxylic acids is 2. The Hall–Kier alpha value is -2.04. The Morgan fingerprint density at radius 3 is 2.42 bits per heavy atom. The Balaban J connectivity index is 2.69. The van der Waals surface area contributed by atoms with Crippen molar-refractivity contribution in [1.82, 2.24) is 5.32 Å². The minimum Gasteiger partial charge on any atom is -0.493 e. The fourth-order valence-corrected chi connectivity index (χ4v) is 1.63. The van der Waals surface area contributed by atoms with E-state index >= 15 is 0 Å². The highest BCUT2D eigenvalue weighted by Crippen LogP contribution is 2.27. The quantitative estimate of drug-likeness (QED) is 0.816. The molecule has 0 bridgehead atoms. The third-order valence-corrected chi connectivity index (χ3v) is 2.62. The number of methoxy groups -OCH3 is 2. The highest BCUT2D eigenvalue weighted by Gasteiger charge is 2.11. The van der Waals surface area contributed by atoms with E-state index in [1.54, 1.807) is 18.2 Å². The van der Waals surface area contributed by atoms with Crippen LogP contribution in [0.5, 0.6) is 11.5 Å². The second-order valence-corrected chi connectivity index (χ2v) is 4.04. The second kappa shape index (κ2) is 7.41. The molecule has 19 heavy (non-hydrogen) atoms. The van der Waals surface area contributed by atoms with E-state index in [0.29, 0.717) is 23.5 Å². The lowest BCUT2D eigenvalue weighted by Crippen LogP contribution is -2.29. The van der Waals surface area contributed by atoms with Crippen molar-refractivity contribution in [2.75, 3.05) is 20.8 Å². The fraction of sp³-hybridized carbons (Fsp3) is 0.429. The maximum atomic E-state index is 11.9. The summed E-state index contributed by atoms with van der Waals surface area (Å²) in [6.45, 7) is 1.98. The van der Waals surface area contributed by atoms with Gasteiger partial charge in [0.25, 0.3) is 5.91 Å². The molecule has 5 nitrogen and oxygen atoms in total. The van der Waals surface area contributed by atoms with Crippen LogP contribution >= 0.6 is 0 Å². The molecule has 0 aliphatic rings. The topological polar surface area (TPSA) is 64.6 Å². The molecule has 0 radical (unpaired) electrons. The van der Waals surface area contributed by atoms with Gasteiger partial charge in [0.05, 0.1) is 20.8 Å². The van der Waals surface area contributed by atoms with Gasteiger partial charge in [0.15, 0.2) is 17.3 Å². The number of nitrogens with one attached hydrogen (secondary N) is 1. The summed E-state index contributed by atoms with van der Waals surface area (Å²) in [7, 11) is 3.03. The first-order valence-corrected chi connectivity index (χ1v) is 6.14. The van der Waals surface area contributed by atoms with E-state index in [1.807, 2.05) is 6.92 Å². The Bertz CT molecular complexity index is 457. The first-order chi connectivity index (χ1) is 9.12. The minimum absolute atomic E-state index is 0.0244. The molecule has 0 atom stereocenters. The van der Waals surface area contributed by atoms with Crippen molar-refractivity contribution in [3.63, 3.8) is 0 Å². The van der Waals surface area contributed by atoms with Crippen LogP contribution in [0.4, 0.5) is 0 Å². The molecule has 1 rings (SSSR count). The molecule has 104 valence electrons. The average Bonchev–Trinajstić information content (AvgIpc) is 2.44. The minimum atomic E-state index is -0.301. The van der Waals surface area contributed by atoms with Gasteiger partial charge in [-0.25, -0.2) is 0 Å². The lowest BCUT2D eigenvalue weighted by Gasteiger charge is -2.09. The number of benzene rings is 1. The predicted molar refractivity (Wildman–Crippen MR) is 71.8 cm³/mol. The molecule has 1 N–H and O–H groups in total. The summed E-state index contributed by atoms with van der Waals surface area (Å²) in [4.78, 5) is 23.2. The molecule has 0 fully saturated rings. The van der Waals surface area contributed by atoms with Gasteiger partial charge in [0.2, 0.25) is 0 Å². The standard InChI is InChI=1S/C14H19NO4/c1-4-5-11(16)9-15-14(17)10-6-7-12(18-2)13(8-10)19-3/h6-8H,4-5,9H2,1-3H3,(H,15,17). The summed E-state index contributed by atoms with van der Waals surface area (Å²) in [5, 5.41) is 2.59. The lowest BCUT2D eigenvalue weighted by molar-refractivity contribution is -0.118. The molecule has 5 heteroatoms. The molecular formula is C14H19NO4. The van der Waals surface area contributed by atoms with Gasteiger partial charge in [-0.1, -0.05) is 6.92 Å². The van der Waals surface area contributed by atoms with Crippen LogP contribution in [0, 0.1) is 0 Å². The highest BCUT2D eigenvalue weighted by atomic mass is 16.5. The van der Waals surface area contributed by atoms with Crippen LogP contribution in [0.2, 0.25) is 0 Å². The van der Waals surface area contributed by atoms with Crippen molar-refractivity contribution in [3.8, 4) is 11.5 Å². The molecule has 1 aromatic carbocycles.